The number of aromatic nitrogens is 4. The summed E-state index contributed by atoms with van der Waals surface area (Å²) in [7, 11) is 1.72. The molecule has 192 valence electrons. The maximum Gasteiger partial charge on any atom is 0.277 e. The number of hydrogen-bond acceptors (Lipinski definition) is 7. The summed E-state index contributed by atoms with van der Waals surface area (Å²) in [6.07, 6.45) is 13.0. The van der Waals surface area contributed by atoms with Crippen LogP contribution in [0.4, 0.5) is 4.39 Å². The fraction of sp³-hybridized carbons (Fsp3) is 0.481. The Bertz CT molecular complexity index is 1140. The van der Waals surface area contributed by atoms with E-state index in [0.29, 0.717) is 29.7 Å². The molecular weight excluding hydrogens is 477 g/mol. The van der Waals surface area contributed by atoms with Crippen molar-refractivity contribution >= 4 is 11.8 Å². The van der Waals surface area contributed by atoms with Crippen molar-refractivity contribution in [3.63, 3.8) is 0 Å². The average molecular weight is 512 g/mol. The van der Waals surface area contributed by atoms with Crippen LogP contribution in [0.1, 0.15) is 54.8 Å². The number of nitrogens with zero attached hydrogens (tertiary/aromatic N) is 4. The van der Waals surface area contributed by atoms with Crippen LogP contribution >= 0.6 is 11.8 Å². The Morgan fingerprint density at radius 3 is 2.56 bits per heavy atom. The van der Waals surface area contributed by atoms with Crippen LogP contribution in [0.3, 0.4) is 0 Å². The minimum atomic E-state index is -0.251. The molecule has 0 saturated heterocycles. The van der Waals surface area contributed by atoms with E-state index in [1.165, 1.54) is 36.6 Å². The van der Waals surface area contributed by atoms with Gasteiger partial charge in [-0.1, -0.05) is 23.9 Å². The van der Waals surface area contributed by atoms with Crippen LogP contribution in [0.25, 0.3) is 0 Å². The summed E-state index contributed by atoms with van der Waals surface area (Å²) in [6.45, 7) is 2.64. The van der Waals surface area contributed by atoms with E-state index < -0.39 is 0 Å². The predicted molar refractivity (Wildman–Crippen MR) is 140 cm³/mol. The van der Waals surface area contributed by atoms with E-state index in [0.717, 1.165) is 61.7 Å². The third-order valence-corrected chi connectivity index (χ3v) is 7.74. The molecule has 0 spiro atoms. The Labute approximate surface area is 215 Å². The number of ether oxygens (including phenoxy) is 1. The number of benzene rings is 1. The fourth-order valence-electron chi connectivity index (χ4n) is 4.67. The summed E-state index contributed by atoms with van der Waals surface area (Å²) >= 11 is 1.53. The number of methoxy groups -OCH3 is 1. The Morgan fingerprint density at radius 2 is 1.83 bits per heavy atom. The topological polar surface area (TPSA) is 81.9 Å². The Morgan fingerprint density at radius 1 is 1.08 bits per heavy atom. The molecule has 1 fully saturated rings. The second kappa shape index (κ2) is 13.6. The molecule has 1 aromatic carbocycles. The third kappa shape index (κ3) is 7.69. The van der Waals surface area contributed by atoms with Crippen LogP contribution < -0.4 is 10.9 Å². The lowest BCUT2D eigenvalue weighted by Crippen LogP contribution is -2.27. The quantitative estimate of drug-likeness (QED) is 0.219. The Hall–Kier alpha value is -2.62. The van der Waals surface area contributed by atoms with Gasteiger partial charge in [0.05, 0.1) is 6.61 Å². The maximum atomic E-state index is 13.3. The molecule has 4 rings (SSSR count). The minimum absolute atomic E-state index is 0.215. The zero-order chi connectivity index (χ0) is 25.2. The van der Waals surface area contributed by atoms with Crippen LogP contribution in [0.5, 0.6) is 0 Å². The lowest BCUT2D eigenvalue weighted by molar-refractivity contribution is 0.197. The van der Waals surface area contributed by atoms with Crippen molar-refractivity contribution in [1.29, 1.82) is 0 Å². The van der Waals surface area contributed by atoms with E-state index in [2.05, 4.69) is 24.8 Å². The molecule has 0 unspecified atom stereocenters. The van der Waals surface area contributed by atoms with Crippen LogP contribution in [-0.4, -0.2) is 46.3 Å². The first-order chi connectivity index (χ1) is 17.6. The van der Waals surface area contributed by atoms with Crippen molar-refractivity contribution in [3.8, 4) is 0 Å². The van der Waals surface area contributed by atoms with E-state index in [1.54, 1.807) is 31.6 Å². The first-order valence-corrected chi connectivity index (χ1v) is 13.5. The minimum Gasteiger partial charge on any atom is -0.383 e. The van der Waals surface area contributed by atoms with Gasteiger partial charge in [0.1, 0.15) is 12.1 Å². The highest BCUT2D eigenvalue weighted by atomic mass is 32.2. The molecule has 0 aliphatic heterocycles. The summed E-state index contributed by atoms with van der Waals surface area (Å²) in [4.78, 5) is 25.6. The molecule has 2 heterocycles. The molecular formula is C27H34FN5O2S. The highest BCUT2D eigenvalue weighted by Crippen LogP contribution is 2.36. The van der Waals surface area contributed by atoms with Gasteiger partial charge in [-0.2, -0.15) is 4.98 Å². The first kappa shape index (κ1) is 26.4. The van der Waals surface area contributed by atoms with Gasteiger partial charge in [-0.25, -0.2) is 14.4 Å². The van der Waals surface area contributed by atoms with E-state index in [1.807, 2.05) is 6.20 Å². The van der Waals surface area contributed by atoms with Gasteiger partial charge in [-0.05, 0) is 67.8 Å². The molecule has 1 saturated carbocycles. The van der Waals surface area contributed by atoms with E-state index in [4.69, 9.17) is 4.74 Å². The smallest absolute Gasteiger partial charge is 0.277 e. The Balaban J connectivity index is 1.47. The lowest BCUT2D eigenvalue weighted by Gasteiger charge is -2.31. The highest BCUT2D eigenvalue weighted by molar-refractivity contribution is 7.98. The Kier molecular flexibility index (Phi) is 10.0. The summed E-state index contributed by atoms with van der Waals surface area (Å²) in [5, 5.41) is 4.17. The summed E-state index contributed by atoms with van der Waals surface area (Å²) < 4.78 is 20.6. The molecule has 1 aliphatic rings. The predicted octanol–water partition coefficient (Wildman–Crippen LogP) is 4.41. The van der Waals surface area contributed by atoms with Crippen LogP contribution in [0, 0.1) is 11.7 Å². The number of thioether (sulfide) groups is 1. The first-order valence-electron chi connectivity index (χ1n) is 12.5. The van der Waals surface area contributed by atoms with E-state index in [9.17, 15) is 9.18 Å². The van der Waals surface area contributed by atoms with Crippen molar-refractivity contribution in [2.45, 2.75) is 55.5 Å². The fourth-order valence-corrected chi connectivity index (χ4v) is 5.66. The highest BCUT2D eigenvalue weighted by Gasteiger charge is 2.24. The summed E-state index contributed by atoms with van der Waals surface area (Å²) in [5.41, 5.74) is 2.32. The molecule has 1 aliphatic carbocycles. The lowest BCUT2D eigenvalue weighted by atomic mass is 9.84. The van der Waals surface area contributed by atoms with Gasteiger partial charge in [0.15, 0.2) is 5.16 Å². The van der Waals surface area contributed by atoms with Crippen molar-refractivity contribution in [2.24, 2.45) is 5.92 Å². The molecule has 7 nitrogen and oxygen atoms in total. The van der Waals surface area contributed by atoms with Gasteiger partial charge < -0.3 is 14.6 Å². The standard InChI is InChI=1S/C27H34FN5O2S/c1-35-13-12-29-11-10-20-4-8-25(9-5-20)33-17-23(14-22-15-30-19-31-16-22)26(34)32-27(33)36-18-21-2-6-24(28)7-3-21/h2-3,6-7,15-17,19-20,25,29H,4-5,8-14,18H2,1H3. The van der Waals surface area contributed by atoms with Gasteiger partial charge in [0.2, 0.25) is 0 Å². The van der Waals surface area contributed by atoms with Crippen LogP contribution in [-0.2, 0) is 16.9 Å². The zero-order valence-electron chi connectivity index (χ0n) is 20.7. The molecule has 2 aromatic heterocycles. The molecule has 0 bridgehead atoms. The van der Waals surface area contributed by atoms with Gasteiger partial charge >= 0.3 is 0 Å². The van der Waals surface area contributed by atoms with E-state index >= 15 is 0 Å². The second-order valence-electron chi connectivity index (χ2n) is 9.31. The monoisotopic (exact) mass is 511 g/mol. The van der Waals surface area contributed by atoms with Gasteiger partial charge in [-0.3, -0.25) is 4.79 Å². The average Bonchev–Trinajstić information content (AvgIpc) is 2.90. The SMILES string of the molecule is COCCNCCC1CCC(n2cc(Cc3cncnc3)c(=O)nc2SCc2ccc(F)cc2)CC1. The van der Waals surface area contributed by atoms with Gasteiger partial charge in [-0.15, -0.1) is 0 Å². The van der Waals surface area contributed by atoms with Crippen LogP contribution in [0.15, 0.2) is 59.1 Å². The van der Waals surface area contributed by atoms with Crippen molar-refractivity contribution in [3.05, 3.63) is 82.0 Å². The van der Waals surface area contributed by atoms with Crippen molar-refractivity contribution in [1.82, 2.24) is 24.8 Å². The molecule has 36 heavy (non-hydrogen) atoms. The number of nitrogens with one attached hydrogen (secondary N) is 1. The second-order valence-corrected chi connectivity index (χ2v) is 10.2. The molecule has 0 radical (unpaired) electrons. The van der Waals surface area contributed by atoms with Crippen molar-refractivity contribution in [2.75, 3.05) is 26.8 Å². The zero-order valence-corrected chi connectivity index (χ0v) is 21.6. The molecule has 9 heteroatoms. The molecule has 3 aromatic rings. The molecule has 1 N–H and O–H groups in total. The summed E-state index contributed by atoms with van der Waals surface area (Å²) in [5.74, 6) is 1.08. The molecule has 0 atom stereocenters. The normalized spacial score (nSPS) is 17.8. The number of halogens is 1. The van der Waals surface area contributed by atoms with Crippen LogP contribution in [0.2, 0.25) is 0 Å². The van der Waals surface area contributed by atoms with Gasteiger partial charge in [0, 0.05) is 56.0 Å². The maximum absolute atomic E-state index is 13.3. The summed E-state index contributed by atoms with van der Waals surface area (Å²) in [6, 6.07) is 6.79. The molecule has 0 amide bonds. The van der Waals surface area contributed by atoms with Gasteiger partial charge in [0.25, 0.3) is 5.56 Å². The largest absolute Gasteiger partial charge is 0.383 e. The van der Waals surface area contributed by atoms with Crippen molar-refractivity contribution < 1.29 is 9.13 Å². The van der Waals surface area contributed by atoms with E-state index in [-0.39, 0.29) is 11.4 Å². The third-order valence-electron chi connectivity index (χ3n) is 6.70. The number of rotatable bonds is 12. The number of hydrogen-bond donors (Lipinski definition) is 1.